The number of carbonyl (C=O) groups is 3. The minimum absolute atomic E-state index is 0.0413. The highest BCUT2D eigenvalue weighted by Gasteiger charge is 2.15. The van der Waals surface area contributed by atoms with E-state index >= 15 is 0 Å². The van der Waals surface area contributed by atoms with Crippen molar-refractivity contribution < 1.29 is 14.4 Å². The third-order valence-corrected chi connectivity index (χ3v) is 4.04. The van der Waals surface area contributed by atoms with Gasteiger partial charge in [0.1, 0.15) is 6.54 Å². The SMILES string of the molecule is CC(=O)c1ccc(NC(=O)CN(Cc2ccccc2Cl)C(C)=O)cc1. The van der Waals surface area contributed by atoms with E-state index in [0.29, 0.717) is 16.3 Å². The van der Waals surface area contributed by atoms with Crippen molar-refractivity contribution in [3.63, 3.8) is 0 Å². The lowest BCUT2D eigenvalue weighted by Gasteiger charge is -2.21. The van der Waals surface area contributed by atoms with Gasteiger partial charge in [-0.1, -0.05) is 29.8 Å². The molecule has 0 aromatic heterocycles. The normalized spacial score (nSPS) is 10.2. The number of hydrogen-bond donors (Lipinski definition) is 1. The van der Waals surface area contributed by atoms with Crippen molar-refractivity contribution in [2.24, 2.45) is 0 Å². The zero-order valence-electron chi connectivity index (χ0n) is 14.1. The standard InChI is InChI=1S/C19H19ClN2O3/c1-13(23)15-7-9-17(10-8-15)21-19(25)12-22(14(2)24)11-16-5-3-4-6-18(16)20/h3-10H,11-12H2,1-2H3,(H,21,25). The van der Waals surface area contributed by atoms with Crippen LogP contribution in [0.3, 0.4) is 0 Å². The lowest BCUT2D eigenvalue weighted by atomic mass is 10.1. The Morgan fingerprint density at radius 2 is 1.64 bits per heavy atom. The van der Waals surface area contributed by atoms with Crippen molar-refractivity contribution in [3.8, 4) is 0 Å². The van der Waals surface area contributed by atoms with Gasteiger partial charge in [0.05, 0.1) is 0 Å². The fourth-order valence-electron chi connectivity index (χ4n) is 2.27. The highest BCUT2D eigenvalue weighted by atomic mass is 35.5. The monoisotopic (exact) mass is 358 g/mol. The summed E-state index contributed by atoms with van der Waals surface area (Å²) in [5, 5.41) is 3.27. The van der Waals surface area contributed by atoms with E-state index in [1.54, 1.807) is 36.4 Å². The molecule has 0 bridgehead atoms. The van der Waals surface area contributed by atoms with Gasteiger partial charge in [0.25, 0.3) is 0 Å². The molecule has 1 N–H and O–H groups in total. The first-order valence-corrected chi connectivity index (χ1v) is 8.14. The third kappa shape index (κ3) is 5.43. The topological polar surface area (TPSA) is 66.5 Å². The number of ketones is 1. The summed E-state index contributed by atoms with van der Waals surface area (Å²) in [5.41, 5.74) is 1.91. The van der Waals surface area contributed by atoms with Crippen LogP contribution in [-0.2, 0) is 16.1 Å². The Kier molecular flexibility index (Phi) is 6.31. The molecule has 2 rings (SSSR count). The molecule has 2 amide bonds. The van der Waals surface area contributed by atoms with E-state index in [4.69, 9.17) is 11.6 Å². The van der Waals surface area contributed by atoms with Gasteiger partial charge in [-0.25, -0.2) is 0 Å². The Labute approximate surface area is 151 Å². The highest BCUT2D eigenvalue weighted by molar-refractivity contribution is 6.31. The van der Waals surface area contributed by atoms with E-state index in [1.807, 2.05) is 12.1 Å². The molecule has 0 aliphatic carbocycles. The van der Waals surface area contributed by atoms with Gasteiger partial charge in [-0.15, -0.1) is 0 Å². The van der Waals surface area contributed by atoms with Gasteiger partial charge in [0, 0.05) is 29.7 Å². The molecule has 0 spiro atoms. The van der Waals surface area contributed by atoms with Crippen LogP contribution in [0.5, 0.6) is 0 Å². The number of nitrogens with one attached hydrogen (secondary N) is 1. The van der Waals surface area contributed by atoms with Crippen LogP contribution in [0.1, 0.15) is 29.8 Å². The Morgan fingerprint density at radius 1 is 1.00 bits per heavy atom. The van der Waals surface area contributed by atoms with E-state index in [9.17, 15) is 14.4 Å². The molecule has 130 valence electrons. The molecule has 0 saturated heterocycles. The Bertz CT molecular complexity index is 788. The zero-order valence-corrected chi connectivity index (χ0v) is 14.8. The maximum absolute atomic E-state index is 12.2. The predicted molar refractivity (Wildman–Crippen MR) is 97.6 cm³/mol. The van der Waals surface area contributed by atoms with Gasteiger partial charge in [0.2, 0.25) is 11.8 Å². The Hall–Kier alpha value is -2.66. The lowest BCUT2D eigenvalue weighted by molar-refractivity contribution is -0.133. The van der Waals surface area contributed by atoms with E-state index in [-0.39, 0.29) is 30.7 Å². The molecule has 2 aromatic carbocycles. The molecule has 0 fully saturated rings. The summed E-state index contributed by atoms with van der Waals surface area (Å²) in [6, 6.07) is 13.8. The molecule has 6 heteroatoms. The van der Waals surface area contributed by atoms with Crippen molar-refractivity contribution in [1.29, 1.82) is 0 Å². The molecule has 25 heavy (non-hydrogen) atoms. The predicted octanol–water partition coefficient (Wildman–Crippen LogP) is 3.53. The smallest absolute Gasteiger partial charge is 0.244 e. The lowest BCUT2D eigenvalue weighted by Crippen LogP contribution is -2.36. The molecule has 5 nitrogen and oxygen atoms in total. The first-order valence-electron chi connectivity index (χ1n) is 7.76. The number of carbonyl (C=O) groups excluding carboxylic acids is 3. The van der Waals surface area contributed by atoms with Crippen molar-refractivity contribution in [1.82, 2.24) is 4.90 Å². The van der Waals surface area contributed by atoms with Crippen LogP contribution in [0.4, 0.5) is 5.69 Å². The molecule has 2 aromatic rings. The molecule has 0 atom stereocenters. The van der Waals surface area contributed by atoms with Crippen LogP contribution in [-0.4, -0.2) is 29.0 Å². The summed E-state index contributed by atoms with van der Waals surface area (Å²) in [5.74, 6) is -0.583. The van der Waals surface area contributed by atoms with Crippen molar-refractivity contribution >= 4 is 34.9 Å². The number of nitrogens with zero attached hydrogens (tertiary/aromatic N) is 1. The number of hydrogen-bond acceptors (Lipinski definition) is 3. The number of benzene rings is 2. The molecule has 0 unspecified atom stereocenters. The van der Waals surface area contributed by atoms with E-state index in [2.05, 4.69) is 5.32 Å². The first kappa shape index (κ1) is 18.7. The largest absolute Gasteiger partial charge is 0.329 e. The summed E-state index contributed by atoms with van der Waals surface area (Å²) < 4.78 is 0. The third-order valence-electron chi connectivity index (χ3n) is 3.67. The van der Waals surface area contributed by atoms with E-state index in [0.717, 1.165) is 5.56 Å². The van der Waals surface area contributed by atoms with Crippen LogP contribution < -0.4 is 5.32 Å². The minimum Gasteiger partial charge on any atom is -0.329 e. The van der Waals surface area contributed by atoms with Crippen molar-refractivity contribution in [3.05, 3.63) is 64.7 Å². The Morgan fingerprint density at radius 3 is 2.20 bits per heavy atom. The van der Waals surface area contributed by atoms with Gasteiger partial charge in [0.15, 0.2) is 5.78 Å². The number of rotatable bonds is 6. The fraction of sp³-hybridized carbons (Fsp3) is 0.211. The summed E-state index contributed by atoms with van der Waals surface area (Å²) in [6.07, 6.45) is 0. The minimum atomic E-state index is -0.321. The van der Waals surface area contributed by atoms with Gasteiger partial charge in [-0.3, -0.25) is 14.4 Å². The maximum atomic E-state index is 12.2. The molecule has 0 aliphatic heterocycles. The van der Waals surface area contributed by atoms with Crippen LogP contribution >= 0.6 is 11.6 Å². The van der Waals surface area contributed by atoms with Crippen molar-refractivity contribution in [2.45, 2.75) is 20.4 Å². The van der Waals surface area contributed by atoms with E-state index in [1.165, 1.54) is 18.7 Å². The number of halogens is 1. The quantitative estimate of drug-likeness (QED) is 0.803. The van der Waals surface area contributed by atoms with Gasteiger partial charge in [-0.2, -0.15) is 0 Å². The average molecular weight is 359 g/mol. The number of anilines is 1. The van der Waals surface area contributed by atoms with Gasteiger partial charge in [-0.05, 0) is 42.8 Å². The second-order valence-corrected chi connectivity index (χ2v) is 6.06. The van der Waals surface area contributed by atoms with Crippen LogP contribution in [0.25, 0.3) is 0 Å². The maximum Gasteiger partial charge on any atom is 0.244 e. The average Bonchev–Trinajstić information content (AvgIpc) is 2.56. The van der Waals surface area contributed by atoms with Crippen LogP contribution in [0.2, 0.25) is 5.02 Å². The number of amides is 2. The zero-order chi connectivity index (χ0) is 18.4. The molecule has 0 saturated carbocycles. The second-order valence-electron chi connectivity index (χ2n) is 5.65. The number of Topliss-reactive ketones (excluding diaryl/α,β-unsaturated/α-hetero) is 1. The summed E-state index contributed by atoms with van der Waals surface area (Å²) >= 11 is 6.11. The highest BCUT2D eigenvalue weighted by Crippen LogP contribution is 2.17. The van der Waals surface area contributed by atoms with Gasteiger partial charge < -0.3 is 10.2 Å². The molecular weight excluding hydrogens is 340 g/mol. The first-order chi connectivity index (χ1) is 11.9. The van der Waals surface area contributed by atoms with Gasteiger partial charge >= 0.3 is 0 Å². The van der Waals surface area contributed by atoms with Crippen LogP contribution in [0.15, 0.2) is 48.5 Å². The van der Waals surface area contributed by atoms with Crippen molar-refractivity contribution in [2.75, 3.05) is 11.9 Å². The fourth-order valence-corrected chi connectivity index (χ4v) is 2.47. The Balaban J connectivity index is 2.01. The summed E-state index contributed by atoms with van der Waals surface area (Å²) in [6.45, 7) is 3.06. The molecular formula is C19H19ClN2O3. The summed E-state index contributed by atoms with van der Waals surface area (Å²) in [4.78, 5) is 36.7. The molecule has 0 heterocycles. The van der Waals surface area contributed by atoms with Crippen LogP contribution in [0, 0.1) is 0 Å². The summed E-state index contributed by atoms with van der Waals surface area (Å²) in [7, 11) is 0. The van der Waals surface area contributed by atoms with E-state index < -0.39 is 0 Å². The molecule has 0 aliphatic rings. The molecule has 0 radical (unpaired) electrons. The second kappa shape index (κ2) is 8.44.